The van der Waals surface area contributed by atoms with E-state index in [4.69, 9.17) is 25.5 Å². The predicted molar refractivity (Wildman–Crippen MR) is 107 cm³/mol. The molecule has 0 saturated heterocycles. The molecule has 0 unspecified atom stereocenters. The minimum atomic E-state index is -3.40. The molecule has 0 spiro atoms. The van der Waals surface area contributed by atoms with Crippen LogP contribution in [0.15, 0.2) is 40.8 Å². The Morgan fingerprint density at radius 1 is 1.14 bits per heavy atom. The number of nitrogens with one attached hydrogen (secondary N) is 1. The Morgan fingerprint density at radius 3 is 2.46 bits per heavy atom. The van der Waals surface area contributed by atoms with Gasteiger partial charge in [0.05, 0.1) is 30.7 Å². The lowest BCUT2D eigenvalue weighted by Crippen LogP contribution is -2.15. The molecule has 3 rings (SSSR count). The molecule has 0 radical (unpaired) electrons. The second kappa shape index (κ2) is 7.73. The van der Waals surface area contributed by atoms with E-state index in [0.29, 0.717) is 33.7 Å². The molecule has 2 aromatic carbocycles. The van der Waals surface area contributed by atoms with Gasteiger partial charge in [0.25, 0.3) is 5.91 Å². The van der Waals surface area contributed by atoms with Gasteiger partial charge in [0.1, 0.15) is 17.1 Å². The first-order valence-corrected chi connectivity index (χ1v) is 10.6. The third-order valence-corrected chi connectivity index (χ3v) is 5.14. The van der Waals surface area contributed by atoms with Crippen molar-refractivity contribution in [2.24, 2.45) is 0 Å². The summed E-state index contributed by atoms with van der Waals surface area (Å²) in [4.78, 5) is 12.9. The van der Waals surface area contributed by atoms with Gasteiger partial charge in [-0.3, -0.25) is 4.79 Å². The van der Waals surface area contributed by atoms with Gasteiger partial charge in [-0.05, 0) is 12.1 Å². The zero-order chi connectivity index (χ0) is 20.5. The Balaban J connectivity index is 2.05. The van der Waals surface area contributed by atoms with E-state index in [1.54, 1.807) is 24.3 Å². The predicted octanol–water partition coefficient (Wildman–Crippen LogP) is 3.90. The molecule has 1 aromatic heterocycles. The number of furan rings is 1. The van der Waals surface area contributed by atoms with Crippen LogP contribution < -0.4 is 14.8 Å². The number of hydrogen-bond acceptors (Lipinski definition) is 6. The van der Waals surface area contributed by atoms with Crippen molar-refractivity contribution < 1.29 is 27.1 Å². The van der Waals surface area contributed by atoms with E-state index in [9.17, 15) is 13.2 Å². The fourth-order valence-corrected chi connectivity index (χ4v) is 3.88. The van der Waals surface area contributed by atoms with Crippen LogP contribution in [0.2, 0.25) is 5.02 Å². The second-order valence-corrected chi connectivity index (χ2v) is 8.66. The Morgan fingerprint density at radius 2 is 1.82 bits per heavy atom. The van der Waals surface area contributed by atoms with Crippen molar-refractivity contribution in [3.8, 4) is 11.5 Å². The van der Waals surface area contributed by atoms with E-state index >= 15 is 0 Å². The first kappa shape index (κ1) is 20.0. The summed E-state index contributed by atoms with van der Waals surface area (Å²) >= 11 is 6.14. The van der Waals surface area contributed by atoms with Gasteiger partial charge in [-0.15, -0.1) is 0 Å². The quantitative estimate of drug-likeness (QED) is 0.646. The largest absolute Gasteiger partial charge is 0.495 e. The normalized spacial score (nSPS) is 11.4. The van der Waals surface area contributed by atoms with Crippen LogP contribution in [0.3, 0.4) is 0 Å². The smallest absolute Gasteiger partial charge is 0.291 e. The summed E-state index contributed by atoms with van der Waals surface area (Å²) in [5, 5.41) is 3.51. The van der Waals surface area contributed by atoms with Crippen molar-refractivity contribution in [3.05, 3.63) is 52.7 Å². The number of methoxy groups -OCH3 is 2. The third-order valence-electron chi connectivity index (χ3n) is 4.03. The number of halogens is 1. The summed E-state index contributed by atoms with van der Waals surface area (Å²) in [5.74, 6) is -0.309. The van der Waals surface area contributed by atoms with Crippen molar-refractivity contribution in [2.75, 3.05) is 25.8 Å². The molecule has 0 saturated carbocycles. The molecule has 0 aliphatic rings. The van der Waals surface area contributed by atoms with Crippen LogP contribution in [0, 0.1) is 0 Å². The van der Waals surface area contributed by atoms with Crippen LogP contribution in [0.1, 0.15) is 16.1 Å². The molecule has 9 heteroatoms. The number of para-hydroxylation sites is 1. The first-order chi connectivity index (χ1) is 13.2. The van der Waals surface area contributed by atoms with Crippen molar-refractivity contribution in [3.63, 3.8) is 0 Å². The van der Waals surface area contributed by atoms with Gasteiger partial charge >= 0.3 is 0 Å². The maximum Gasteiger partial charge on any atom is 0.291 e. The lowest BCUT2D eigenvalue weighted by molar-refractivity contribution is 0.0997. The maximum atomic E-state index is 12.9. The average molecular weight is 424 g/mol. The number of sulfone groups is 1. The van der Waals surface area contributed by atoms with Gasteiger partial charge in [-0.25, -0.2) is 8.42 Å². The molecule has 0 aliphatic heterocycles. The highest BCUT2D eigenvalue weighted by atomic mass is 35.5. The molecular formula is C19H18ClNO6S. The van der Waals surface area contributed by atoms with Gasteiger partial charge in [-0.1, -0.05) is 29.8 Å². The maximum absolute atomic E-state index is 12.9. The molecule has 1 heterocycles. The molecule has 7 nitrogen and oxygen atoms in total. The number of anilines is 1. The van der Waals surface area contributed by atoms with E-state index in [0.717, 1.165) is 6.26 Å². The van der Waals surface area contributed by atoms with Gasteiger partial charge in [0.2, 0.25) is 0 Å². The van der Waals surface area contributed by atoms with Crippen molar-refractivity contribution >= 4 is 44.0 Å². The number of hydrogen-bond donors (Lipinski definition) is 1. The molecule has 0 fully saturated rings. The molecule has 1 N–H and O–H groups in total. The molecular weight excluding hydrogens is 406 g/mol. The van der Waals surface area contributed by atoms with Gasteiger partial charge in [0.15, 0.2) is 15.6 Å². The first-order valence-electron chi connectivity index (χ1n) is 8.14. The number of rotatable bonds is 6. The van der Waals surface area contributed by atoms with Crippen LogP contribution in [-0.4, -0.2) is 34.8 Å². The van der Waals surface area contributed by atoms with Crippen molar-refractivity contribution in [1.82, 2.24) is 0 Å². The number of ether oxygens (including phenoxy) is 2. The Labute approximate surface area is 167 Å². The SMILES string of the molecule is COc1cc(OC)c(NC(=O)c2oc3ccccc3c2CS(C)(=O)=O)cc1Cl. The molecule has 0 atom stereocenters. The lowest BCUT2D eigenvalue weighted by Gasteiger charge is -2.13. The molecule has 3 aromatic rings. The Bertz CT molecular complexity index is 1150. The molecule has 148 valence electrons. The van der Waals surface area contributed by atoms with Crippen LogP contribution in [0.5, 0.6) is 11.5 Å². The van der Waals surface area contributed by atoms with Crippen LogP contribution in [0.25, 0.3) is 11.0 Å². The third kappa shape index (κ3) is 4.07. The van der Waals surface area contributed by atoms with E-state index < -0.39 is 15.7 Å². The topological polar surface area (TPSA) is 94.8 Å². The zero-order valence-corrected chi connectivity index (χ0v) is 17.0. The summed E-state index contributed by atoms with van der Waals surface area (Å²) in [6.07, 6.45) is 1.10. The Kier molecular flexibility index (Phi) is 5.53. The van der Waals surface area contributed by atoms with Crippen molar-refractivity contribution in [2.45, 2.75) is 5.75 Å². The molecule has 1 amide bonds. The number of fused-ring (bicyclic) bond motifs is 1. The van der Waals surface area contributed by atoms with E-state index in [1.807, 2.05) is 0 Å². The summed E-state index contributed by atoms with van der Waals surface area (Å²) in [5.41, 5.74) is 1.02. The minimum Gasteiger partial charge on any atom is -0.495 e. The standard InChI is InChI=1S/C19H18ClNO6S/c1-25-16-9-17(26-2)14(8-13(16)20)21-19(22)18-12(10-28(3,23)24)11-6-4-5-7-15(11)27-18/h4-9H,10H2,1-3H3,(H,21,22). The fraction of sp³-hybridized carbons (Fsp3) is 0.211. The van der Waals surface area contributed by atoms with Gasteiger partial charge in [0, 0.05) is 23.3 Å². The summed E-state index contributed by atoms with van der Waals surface area (Å²) < 4.78 is 39.8. The molecule has 28 heavy (non-hydrogen) atoms. The highest BCUT2D eigenvalue weighted by Crippen LogP contribution is 2.36. The van der Waals surface area contributed by atoms with Crippen LogP contribution in [0.4, 0.5) is 5.69 Å². The highest BCUT2D eigenvalue weighted by molar-refractivity contribution is 7.89. The number of amides is 1. The number of benzene rings is 2. The number of carbonyl (C=O) groups excluding carboxylic acids is 1. The van der Waals surface area contributed by atoms with Gasteiger partial charge in [-0.2, -0.15) is 0 Å². The van der Waals surface area contributed by atoms with Crippen LogP contribution >= 0.6 is 11.6 Å². The van der Waals surface area contributed by atoms with E-state index in [1.165, 1.54) is 26.4 Å². The monoisotopic (exact) mass is 423 g/mol. The van der Waals surface area contributed by atoms with Crippen molar-refractivity contribution in [1.29, 1.82) is 0 Å². The Hall–Kier alpha value is -2.71. The summed E-state index contributed by atoms with van der Waals surface area (Å²) in [7, 11) is -0.496. The average Bonchev–Trinajstić information content (AvgIpc) is 2.99. The van der Waals surface area contributed by atoms with E-state index in [2.05, 4.69) is 5.32 Å². The summed E-state index contributed by atoms with van der Waals surface area (Å²) in [6.45, 7) is 0. The highest BCUT2D eigenvalue weighted by Gasteiger charge is 2.24. The lowest BCUT2D eigenvalue weighted by atomic mass is 10.1. The zero-order valence-electron chi connectivity index (χ0n) is 15.4. The minimum absolute atomic E-state index is 0.0828. The number of carbonyl (C=O) groups is 1. The summed E-state index contributed by atoms with van der Waals surface area (Å²) in [6, 6.07) is 9.88. The van der Waals surface area contributed by atoms with Gasteiger partial charge < -0.3 is 19.2 Å². The molecule has 0 bridgehead atoms. The van der Waals surface area contributed by atoms with E-state index in [-0.39, 0.29) is 16.5 Å². The second-order valence-electron chi connectivity index (χ2n) is 6.12. The fourth-order valence-electron chi connectivity index (χ4n) is 2.82. The molecule has 0 aliphatic carbocycles. The van der Waals surface area contributed by atoms with Crippen LogP contribution in [-0.2, 0) is 15.6 Å².